The Labute approximate surface area is 103 Å². The zero-order valence-electron chi connectivity index (χ0n) is 9.21. The summed E-state index contributed by atoms with van der Waals surface area (Å²) in [6, 6.07) is 10.1. The summed E-state index contributed by atoms with van der Waals surface area (Å²) in [6.45, 7) is 0. The summed E-state index contributed by atoms with van der Waals surface area (Å²) in [5.41, 5.74) is 0.834. The molecule has 0 aliphatic heterocycles. The van der Waals surface area contributed by atoms with E-state index in [-0.39, 0.29) is 0 Å². The van der Waals surface area contributed by atoms with Gasteiger partial charge < -0.3 is 5.32 Å². The summed E-state index contributed by atoms with van der Waals surface area (Å²) >= 11 is 1.34. The average Bonchev–Trinajstić information content (AvgIpc) is 2.87. The van der Waals surface area contributed by atoms with Gasteiger partial charge in [0.05, 0.1) is 0 Å². The van der Waals surface area contributed by atoms with Crippen LogP contribution < -0.4 is 5.32 Å². The predicted octanol–water partition coefficient (Wildman–Crippen LogP) is 2.80. The van der Waals surface area contributed by atoms with Gasteiger partial charge in [0.2, 0.25) is 5.13 Å². The van der Waals surface area contributed by atoms with E-state index in [0.717, 1.165) is 21.6 Å². The highest BCUT2D eigenvalue weighted by molar-refractivity contribution is 7.09. The normalized spacial score (nSPS) is 10.6. The smallest absolute Gasteiger partial charge is 0.202 e. The largest absolute Gasteiger partial charge is 0.363 e. The molecule has 0 aliphatic carbocycles. The lowest BCUT2D eigenvalue weighted by atomic mass is 10.1. The van der Waals surface area contributed by atoms with Gasteiger partial charge in [0, 0.05) is 30.2 Å². The molecule has 2 heterocycles. The highest BCUT2D eigenvalue weighted by Gasteiger charge is 2.10. The van der Waals surface area contributed by atoms with Gasteiger partial charge in [-0.2, -0.15) is 9.36 Å². The van der Waals surface area contributed by atoms with Crippen molar-refractivity contribution in [3.8, 4) is 11.5 Å². The van der Waals surface area contributed by atoms with Crippen molar-refractivity contribution in [3.63, 3.8) is 0 Å². The molecular formula is C12H10N4S. The minimum absolute atomic E-state index is 0.677. The maximum atomic E-state index is 4.38. The van der Waals surface area contributed by atoms with Crippen LogP contribution in [0.5, 0.6) is 0 Å². The molecule has 1 N–H and O–H groups in total. The quantitative estimate of drug-likeness (QED) is 0.750. The van der Waals surface area contributed by atoms with Crippen molar-refractivity contribution in [2.45, 2.75) is 0 Å². The molecule has 0 amide bonds. The third-order valence-electron chi connectivity index (χ3n) is 2.53. The van der Waals surface area contributed by atoms with E-state index in [1.165, 1.54) is 11.5 Å². The fourth-order valence-electron chi connectivity index (χ4n) is 1.72. The fourth-order valence-corrected chi connectivity index (χ4v) is 2.24. The summed E-state index contributed by atoms with van der Waals surface area (Å²) in [6.07, 6.45) is 1.79. The van der Waals surface area contributed by atoms with E-state index >= 15 is 0 Å². The van der Waals surface area contributed by atoms with Gasteiger partial charge in [0.1, 0.15) is 5.69 Å². The number of nitrogens with one attached hydrogen (secondary N) is 1. The minimum Gasteiger partial charge on any atom is -0.363 e. The van der Waals surface area contributed by atoms with Crippen molar-refractivity contribution in [3.05, 3.63) is 36.5 Å². The summed E-state index contributed by atoms with van der Waals surface area (Å²) in [5.74, 6) is 0.677. The summed E-state index contributed by atoms with van der Waals surface area (Å²) in [4.78, 5) is 8.76. The second kappa shape index (κ2) is 4.10. The Bertz CT molecular complexity index is 657. The van der Waals surface area contributed by atoms with Gasteiger partial charge >= 0.3 is 0 Å². The van der Waals surface area contributed by atoms with Gasteiger partial charge in [-0.1, -0.05) is 24.3 Å². The van der Waals surface area contributed by atoms with E-state index in [1.807, 2.05) is 31.3 Å². The predicted molar refractivity (Wildman–Crippen MR) is 70.2 cm³/mol. The first-order valence-electron chi connectivity index (χ1n) is 5.24. The number of pyridine rings is 1. The SMILES string of the molecule is CNc1nc(-c2nccc3ccccc23)ns1. The van der Waals surface area contributed by atoms with Crippen LogP contribution in [0.4, 0.5) is 5.13 Å². The molecule has 84 valence electrons. The van der Waals surface area contributed by atoms with Gasteiger partial charge in [0.15, 0.2) is 5.82 Å². The number of aromatic nitrogens is 3. The van der Waals surface area contributed by atoms with Crippen LogP contribution in [-0.4, -0.2) is 21.4 Å². The van der Waals surface area contributed by atoms with E-state index in [0.29, 0.717) is 5.82 Å². The monoisotopic (exact) mass is 242 g/mol. The van der Waals surface area contributed by atoms with Gasteiger partial charge in [-0.05, 0) is 11.5 Å². The molecule has 0 fully saturated rings. The number of rotatable bonds is 2. The zero-order valence-corrected chi connectivity index (χ0v) is 10.0. The Morgan fingerprint density at radius 2 is 2.06 bits per heavy atom. The number of hydrogen-bond donors (Lipinski definition) is 1. The number of fused-ring (bicyclic) bond motifs is 1. The molecule has 1 aromatic carbocycles. The third-order valence-corrected chi connectivity index (χ3v) is 3.26. The van der Waals surface area contributed by atoms with E-state index in [9.17, 15) is 0 Å². The van der Waals surface area contributed by atoms with Crippen molar-refractivity contribution in [2.24, 2.45) is 0 Å². The van der Waals surface area contributed by atoms with E-state index < -0.39 is 0 Å². The maximum absolute atomic E-state index is 4.38. The fraction of sp³-hybridized carbons (Fsp3) is 0.0833. The van der Waals surface area contributed by atoms with Crippen LogP contribution >= 0.6 is 11.5 Å². The molecule has 0 radical (unpaired) electrons. The number of hydrogen-bond acceptors (Lipinski definition) is 5. The first-order valence-corrected chi connectivity index (χ1v) is 6.01. The Hall–Kier alpha value is -2.01. The molecule has 0 aliphatic rings. The van der Waals surface area contributed by atoms with Crippen molar-refractivity contribution in [2.75, 3.05) is 12.4 Å². The maximum Gasteiger partial charge on any atom is 0.202 e. The zero-order chi connectivity index (χ0) is 11.7. The van der Waals surface area contributed by atoms with Crippen molar-refractivity contribution >= 4 is 27.4 Å². The average molecular weight is 242 g/mol. The van der Waals surface area contributed by atoms with Crippen molar-refractivity contribution in [1.29, 1.82) is 0 Å². The van der Waals surface area contributed by atoms with Gasteiger partial charge in [-0.15, -0.1) is 0 Å². The molecule has 3 rings (SSSR count). The molecule has 0 unspecified atom stereocenters. The molecule has 0 saturated carbocycles. The first kappa shape index (κ1) is 10.2. The topological polar surface area (TPSA) is 50.7 Å². The second-order valence-electron chi connectivity index (χ2n) is 3.55. The summed E-state index contributed by atoms with van der Waals surface area (Å²) in [5, 5.41) is 6.01. The van der Waals surface area contributed by atoms with Gasteiger partial charge in [-0.25, -0.2) is 0 Å². The molecule has 0 spiro atoms. The summed E-state index contributed by atoms with van der Waals surface area (Å²) < 4.78 is 4.31. The van der Waals surface area contributed by atoms with Crippen molar-refractivity contribution in [1.82, 2.24) is 14.3 Å². The molecule has 0 bridgehead atoms. The molecule has 17 heavy (non-hydrogen) atoms. The molecule has 4 nitrogen and oxygen atoms in total. The highest BCUT2D eigenvalue weighted by Crippen LogP contribution is 2.26. The van der Waals surface area contributed by atoms with Crippen LogP contribution in [0, 0.1) is 0 Å². The molecule has 0 atom stereocenters. The Morgan fingerprint density at radius 1 is 1.18 bits per heavy atom. The van der Waals surface area contributed by atoms with Gasteiger partial charge in [0.25, 0.3) is 0 Å². The van der Waals surface area contributed by atoms with Crippen LogP contribution in [0.1, 0.15) is 0 Å². The standard InChI is InChI=1S/C12H10N4S/c1-13-12-15-11(16-17-12)10-9-5-3-2-4-8(9)6-7-14-10/h2-7H,1H3,(H,13,15,16). The lowest BCUT2D eigenvalue weighted by Gasteiger charge is -2.01. The number of benzene rings is 1. The van der Waals surface area contributed by atoms with E-state index in [2.05, 4.69) is 25.7 Å². The van der Waals surface area contributed by atoms with E-state index in [4.69, 9.17) is 0 Å². The van der Waals surface area contributed by atoms with Crippen LogP contribution in [0.3, 0.4) is 0 Å². The molecule has 0 saturated heterocycles. The molecule has 5 heteroatoms. The minimum atomic E-state index is 0.677. The molecule has 3 aromatic rings. The molecule has 2 aromatic heterocycles. The summed E-state index contributed by atoms with van der Waals surface area (Å²) in [7, 11) is 1.83. The van der Waals surface area contributed by atoms with Crippen LogP contribution in [0.2, 0.25) is 0 Å². The second-order valence-corrected chi connectivity index (χ2v) is 4.31. The van der Waals surface area contributed by atoms with Crippen molar-refractivity contribution < 1.29 is 0 Å². The van der Waals surface area contributed by atoms with E-state index in [1.54, 1.807) is 6.20 Å². The Morgan fingerprint density at radius 3 is 2.88 bits per heavy atom. The molecular weight excluding hydrogens is 232 g/mol. The highest BCUT2D eigenvalue weighted by atomic mass is 32.1. The Balaban J connectivity index is 2.23. The number of anilines is 1. The van der Waals surface area contributed by atoms with Gasteiger partial charge in [-0.3, -0.25) is 4.98 Å². The lowest BCUT2D eigenvalue weighted by Crippen LogP contribution is -1.89. The first-order chi connectivity index (χ1) is 8.38. The van der Waals surface area contributed by atoms with Crippen LogP contribution in [-0.2, 0) is 0 Å². The third kappa shape index (κ3) is 1.74. The number of nitrogens with zero attached hydrogens (tertiary/aromatic N) is 3. The van der Waals surface area contributed by atoms with Crippen LogP contribution in [0.15, 0.2) is 36.5 Å². The Kier molecular flexibility index (Phi) is 2.45. The lowest BCUT2D eigenvalue weighted by molar-refractivity contribution is 1.25. The van der Waals surface area contributed by atoms with Crippen LogP contribution in [0.25, 0.3) is 22.3 Å².